The molecular formula is C21H28N2O2. The molecule has 0 aromatic heterocycles. The molecule has 0 aliphatic carbocycles. The first-order valence-corrected chi connectivity index (χ1v) is 8.70. The standard InChI is InChI=1S/C21H28N2O2/c1-21(2,3)17-9-5-7-11-19(17)25-15-14-23-20(24)13-12-16-8-4-6-10-18(16)22/h4-11H,12-15,22H2,1-3H3,(H,23,24). The van der Waals surface area contributed by atoms with Crippen LogP contribution in [0.3, 0.4) is 0 Å². The third-order valence-corrected chi connectivity index (χ3v) is 4.05. The lowest BCUT2D eigenvalue weighted by Gasteiger charge is -2.22. The highest BCUT2D eigenvalue weighted by Crippen LogP contribution is 2.30. The minimum absolute atomic E-state index is 0.0101. The van der Waals surface area contributed by atoms with E-state index in [4.69, 9.17) is 10.5 Å². The Morgan fingerprint density at radius 3 is 2.48 bits per heavy atom. The summed E-state index contributed by atoms with van der Waals surface area (Å²) >= 11 is 0. The summed E-state index contributed by atoms with van der Waals surface area (Å²) in [5.74, 6) is 0.886. The number of nitrogens with two attached hydrogens (primary N) is 1. The Kier molecular flexibility index (Phi) is 6.45. The first-order chi connectivity index (χ1) is 11.9. The minimum atomic E-state index is 0.0101. The molecule has 134 valence electrons. The lowest BCUT2D eigenvalue weighted by Crippen LogP contribution is -2.28. The summed E-state index contributed by atoms with van der Waals surface area (Å²) in [6.45, 7) is 7.42. The van der Waals surface area contributed by atoms with Gasteiger partial charge in [0.05, 0.1) is 6.54 Å². The van der Waals surface area contributed by atoms with Crippen LogP contribution in [0.25, 0.3) is 0 Å². The third kappa shape index (κ3) is 5.82. The number of nitrogen functional groups attached to an aromatic ring is 1. The van der Waals surface area contributed by atoms with Gasteiger partial charge in [0.2, 0.25) is 5.91 Å². The number of nitrogens with one attached hydrogen (secondary N) is 1. The van der Waals surface area contributed by atoms with Gasteiger partial charge < -0.3 is 15.8 Å². The highest BCUT2D eigenvalue weighted by Gasteiger charge is 2.18. The second kappa shape index (κ2) is 8.56. The Morgan fingerprint density at radius 2 is 1.76 bits per heavy atom. The number of anilines is 1. The number of para-hydroxylation sites is 2. The van der Waals surface area contributed by atoms with Crippen molar-refractivity contribution < 1.29 is 9.53 Å². The van der Waals surface area contributed by atoms with E-state index >= 15 is 0 Å². The molecule has 0 radical (unpaired) electrons. The fourth-order valence-corrected chi connectivity index (χ4v) is 2.66. The van der Waals surface area contributed by atoms with E-state index in [1.807, 2.05) is 42.5 Å². The summed E-state index contributed by atoms with van der Waals surface area (Å²) in [5, 5.41) is 2.90. The van der Waals surface area contributed by atoms with Gasteiger partial charge in [-0.3, -0.25) is 4.79 Å². The number of carbonyl (C=O) groups excluding carboxylic acids is 1. The number of ether oxygens (including phenoxy) is 1. The van der Waals surface area contributed by atoms with Gasteiger partial charge in [-0.2, -0.15) is 0 Å². The molecule has 0 fully saturated rings. The van der Waals surface area contributed by atoms with Crippen molar-refractivity contribution in [2.75, 3.05) is 18.9 Å². The molecule has 2 aromatic carbocycles. The summed E-state index contributed by atoms with van der Waals surface area (Å²) in [6.07, 6.45) is 1.07. The van der Waals surface area contributed by atoms with Crippen LogP contribution in [0.1, 0.15) is 38.3 Å². The second-order valence-corrected chi connectivity index (χ2v) is 7.14. The third-order valence-electron chi connectivity index (χ3n) is 4.05. The highest BCUT2D eigenvalue weighted by atomic mass is 16.5. The Hall–Kier alpha value is -2.49. The molecule has 0 aliphatic heterocycles. The second-order valence-electron chi connectivity index (χ2n) is 7.14. The topological polar surface area (TPSA) is 64.3 Å². The number of amides is 1. The number of carbonyl (C=O) groups is 1. The zero-order valence-corrected chi connectivity index (χ0v) is 15.3. The molecule has 0 unspecified atom stereocenters. The number of hydrogen-bond acceptors (Lipinski definition) is 3. The van der Waals surface area contributed by atoms with Gasteiger partial charge in [0.25, 0.3) is 0 Å². The fraction of sp³-hybridized carbons (Fsp3) is 0.381. The van der Waals surface area contributed by atoms with E-state index in [-0.39, 0.29) is 11.3 Å². The molecule has 0 spiro atoms. The Bertz CT molecular complexity index is 705. The van der Waals surface area contributed by atoms with Gasteiger partial charge in [-0.05, 0) is 35.1 Å². The maximum absolute atomic E-state index is 12.0. The first-order valence-electron chi connectivity index (χ1n) is 8.70. The van der Waals surface area contributed by atoms with Crippen LogP contribution < -0.4 is 15.8 Å². The molecule has 2 aromatic rings. The molecule has 0 aliphatic rings. The monoisotopic (exact) mass is 340 g/mol. The summed E-state index contributed by atoms with van der Waals surface area (Å²) in [7, 11) is 0. The largest absolute Gasteiger partial charge is 0.491 e. The van der Waals surface area contributed by atoms with Crippen molar-refractivity contribution in [3.63, 3.8) is 0 Å². The minimum Gasteiger partial charge on any atom is -0.491 e. The van der Waals surface area contributed by atoms with Crippen molar-refractivity contribution in [3.8, 4) is 5.75 Å². The molecule has 0 heterocycles. The maximum atomic E-state index is 12.0. The number of hydrogen-bond donors (Lipinski definition) is 2. The van der Waals surface area contributed by atoms with E-state index in [0.717, 1.165) is 17.0 Å². The SMILES string of the molecule is CC(C)(C)c1ccccc1OCCNC(=O)CCc1ccccc1N. The van der Waals surface area contributed by atoms with Crippen LogP contribution in [0.15, 0.2) is 48.5 Å². The van der Waals surface area contributed by atoms with Gasteiger partial charge in [0.1, 0.15) is 12.4 Å². The quantitative estimate of drug-likeness (QED) is 0.597. The number of benzene rings is 2. The molecule has 4 nitrogen and oxygen atoms in total. The Morgan fingerprint density at radius 1 is 1.08 bits per heavy atom. The van der Waals surface area contributed by atoms with Crippen LogP contribution in [0.4, 0.5) is 5.69 Å². The predicted octanol–water partition coefficient (Wildman–Crippen LogP) is 3.69. The van der Waals surface area contributed by atoms with E-state index in [9.17, 15) is 4.79 Å². The molecule has 1 amide bonds. The lowest BCUT2D eigenvalue weighted by atomic mass is 9.86. The molecule has 2 rings (SSSR count). The van der Waals surface area contributed by atoms with Gasteiger partial charge in [-0.25, -0.2) is 0 Å². The molecule has 3 N–H and O–H groups in total. The zero-order valence-electron chi connectivity index (χ0n) is 15.3. The summed E-state index contributed by atoms with van der Waals surface area (Å²) in [5.41, 5.74) is 8.82. The molecule has 0 saturated carbocycles. The van der Waals surface area contributed by atoms with Crippen LogP contribution in [0.2, 0.25) is 0 Å². The normalized spacial score (nSPS) is 11.2. The van der Waals surface area contributed by atoms with Crippen molar-refractivity contribution in [2.45, 2.75) is 39.0 Å². The summed E-state index contributed by atoms with van der Waals surface area (Å²) in [4.78, 5) is 12.0. The summed E-state index contributed by atoms with van der Waals surface area (Å²) < 4.78 is 5.86. The molecule has 0 saturated heterocycles. The van der Waals surface area contributed by atoms with Gasteiger partial charge in [-0.1, -0.05) is 57.2 Å². The maximum Gasteiger partial charge on any atom is 0.220 e. The van der Waals surface area contributed by atoms with E-state index in [2.05, 4.69) is 32.2 Å². The number of aryl methyl sites for hydroxylation is 1. The molecular weight excluding hydrogens is 312 g/mol. The molecule has 0 bridgehead atoms. The van der Waals surface area contributed by atoms with Gasteiger partial charge >= 0.3 is 0 Å². The van der Waals surface area contributed by atoms with Crippen LogP contribution >= 0.6 is 0 Å². The van der Waals surface area contributed by atoms with Crippen LogP contribution in [-0.2, 0) is 16.6 Å². The first kappa shape index (κ1) is 18.8. The molecule has 4 heteroatoms. The van der Waals surface area contributed by atoms with Gasteiger partial charge in [-0.15, -0.1) is 0 Å². The van der Waals surface area contributed by atoms with Crippen LogP contribution in [0.5, 0.6) is 5.75 Å². The van der Waals surface area contributed by atoms with Crippen molar-refractivity contribution in [3.05, 3.63) is 59.7 Å². The van der Waals surface area contributed by atoms with Crippen LogP contribution in [-0.4, -0.2) is 19.1 Å². The van der Waals surface area contributed by atoms with Crippen LogP contribution in [0, 0.1) is 0 Å². The fourth-order valence-electron chi connectivity index (χ4n) is 2.66. The lowest BCUT2D eigenvalue weighted by molar-refractivity contribution is -0.121. The van der Waals surface area contributed by atoms with Crippen molar-refractivity contribution >= 4 is 11.6 Å². The average Bonchev–Trinajstić information content (AvgIpc) is 2.57. The molecule has 0 atom stereocenters. The van der Waals surface area contributed by atoms with E-state index in [1.54, 1.807) is 0 Å². The van der Waals surface area contributed by atoms with E-state index in [1.165, 1.54) is 5.56 Å². The van der Waals surface area contributed by atoms with Gasteiger partial charge in [0.15, 0.2) is 0 Å². The average molecular weight is 340 g/mol. The number of rotatable bonds is 7. The molecule has 25 heavy (non-hydrogen) atoms. The zero-order chi connectivity index (χ0) is 18.3. The predicted molar refractivity (Wildman–Crippen MR) is 103 cm³/mol. The van der Waals surface area contributed by atoms with Crippen molar-refractivity contribution in [2.24, 2.45) is 0 Å². The summed E-state index contributed by atoms with van der Waals surface area (Å²) in [6, 6.07) is 15.7. The van der Waals surface area contributed by atoms with Crippen molar-refractivity contribution in [1.82, 2.24) is 5.32 Å². The van der Waals surface area contributed by atoms with E-state index < -0.39 is 0 Å². The van der Waals surface area contributed by atoms with E-state index in [0.29, 0.717) is 26.0 Å². The Labute approximate surface area is 150 Å². The van der Waals surface area contributed by atoms with Crippen molar-refractivity contribution in [1.29, 1.82) is 0 Å². The Balaban J connectivity index is 1.75. The highest BCUT2D eigenvalue weighted by molar-refractivity contribution is 5.76. The van der Waals surface area contributed by atoms with Gasteiger partial charge in [0, 0.05) is 12.1 Å². The smallest absolute Gasteiger partial charge is 0.220 e.